The van der Waals surface area contributed by atoms with Crippen molar-refractivity contribution >= 4 is 11.3 Å². The Labute approximate surface area is 120 Å². The zero-order chi connectivity index (χ0) is 14.1. The van der Waals surface area contributed by atoms with Gasteiger partial charge in [-0.15, -0.1) is 11.3 Å². The first-order valence-corrected chi connectivity index (χ1v) is 7.70. The predicted molar refractivity (Wildman–Crippen MR) is 76.0 cm³/mol. The molecule has 0 fully saturated rings. The number of hydrogen-bond donors (Lipinski definition) is 1. The third-order valence-electron chi connectivity index (χ3n) is 3.74. The lowest BCUT2D eigenvalue weighted by molar-refractivity contribution is 0.223. The van der Waals surface area contributed by atoms with Gasteiger partial charge in [-0.1, -0.05) is 6.42 Å². The van der Waals surface area contributed by atoms with E-state index in [1.807, 2.05) is 6.07 Å². The van der Waals surface area contributed by atoms with Crippen molar-refractivity contribution < 1.29 is 13.9 Å². The monoisotopic (exact) mass is 294 g/mol. The van der Waals surface area contributed by atoms with Gasteiger partial charge in [0, 0.05) is 15.8 Å². The second kappa shape index (κ2) is 5.62. The Kier molecular flexibility index (Phi) is 3.85. The van der Waals surface area contributed by atoms with Gasteiger partial charge in [-0.3, -0.25) is 0 Å². The SMILES string of the molecule is OC(c1cc(F)cc(F)c1)c1cc2c(s1)CCCCC2. The van der Waals surface area contributed by atoms with Gasteiger partial charge in [-0.25, -0.2) is 8.78 Å². The number of rotatable bonds is 2. The van der Waals surface area contributed by atoms with Crippen LogP contribution in [0.3, 0.4) is 0 Å². The van der Waals surface area contributed by atoms with Crippen LogP contribution in [0.1, 0.15) is 46.2 Å². The lowest BCUT2D eigenvalue weighted by Crippen LogP contribution is -1.99. The van der Waals surface area contributed by atoms with E-state index in [-0.39, 0.29) is 5.56 Å². The molecule has 1 heterocycles. The molecule has 2 aromatic rings. The predicted octanol–water partition coefficient (Wildman–Crippen LogP) is 4.38. The Hall–Kier alpha value is -1.26. The quantitative estimate of drug-likeness (QED) is 0.815. The molecule has 1 atom stereocenters. The molecule has 0 radical (unpaired) electrons. The fourth-order valence-electron chi connectivity index (χ4n) is 2.72. The molecule has 0 bridgehead atoms. The van der Waals surface area contributed by atoms with Gasteiger partial charge < -0.3 is 5.11 Å². The van der Waals surface area contributed by atoms with Crippen LogP contribution in [0, 0.1) is 11.6 Å². The highest BCUT2D eigenvalue weighted by Crippen LogP contribution is 2.35. The number of benzene rings is 1. The molecule has 0 amide bonds. The molecule has 1 unspecified atom stereocenters. The summed E-state index contributed by atoms with van der Waals surface area (Å²) in [7, 11) is 0. The summed E-state index contributed by atoms with van der Waals surface area (Å²) in [4.78, 5) is 2.09. The summed E-state index contributed by atoms with van der Waals surface area (Å²) in [5.41, 5.74) is 1.57. The number of halogens is 2. The van der Waals surface area contributed by atoms with Crippen molar-refractivity contribution in [1.29, 1.82) is 0 Å². The Bertz CT molecular complexity index is 577. The fraction of sp³-hybridized carbons (Fsp3) is 0.375. The number of aryl methyl sites for hydroxylation is 2. The third kappa shape index (κ3) is 2.76. The van der Waals surface area contributed by atoms with Crippen molar-refractivity contribution in [3.05, 3.63) is 56.8 Å². The van der Waals surface area contributed by atoms with Gasteiger partial charge in [-0.05, 0) is 55.0 Å². The number of thiophene rings is 1. The molecule has 4 heteroatoms. The Morgan fingerprint density at radius 1 is 0.950 bits per heavy atom. The molecular formula is C16H16F2OS. The lowest BCUT2D eigenvalue weighted by atomic mass is 10.1. The first kappa shape index (κ1) is 13.7. The number of aliphatic hydroxyl groups excluding tert-OH is 1. The normalized spacial score (nSPS) is 16.6. The molecule has 1 aromatic heterocycles. The third-order valence-corrected chi connectivity index (χ3v) is 5.03. The van der Waals surface area contributed by atoms with Gasteiger partial charge in [0.15, 0.2) is 0 Å². The van der Waals surface area contributed by atoms with E-state index >= 15 is 0 Å². The maximum absolute atomic E-state index is 13.2. The van der Waals surface area contributed by atoms with E-state index in [1.54, 1.807) is 11.3 Å². The van der Waals surface area contributed by atoms with E-state index in [0.717, 1.165) is 23.8 Å². The first-order chi connectivity index (χ1) is 9.63. The Morgan fingerprint density at radius 3 is 2.40 bits per heavy atom. The molecule has 106 valence electrons. The van der Waals surface area contributed by atoms with E-state index in [2.05, 4.69) is 0 Å². The fourth-order valence-corrected chi connectivity index (χ4v) is 3.99. The second-order valence-electron chi connectivity index (χ2n) is 5.26. The molecule has 3 rings (SSSR count). The zero-order valence-corrected chi connectivity index (χ0v) is 11.9. The summed E-state index contributed by atoms with van der Waals surface area (Å²) < 4.78 is 26.5. The van der Waals surface area contributed by atoms with Gasteiger partial charge >= 0.3 is 0 Å². The van der Waals surface area contributed by atoms with Crippen molar-refractivity contribution in [2.45, 2.75) is 38.2 Å². The molecule has 0 saturated heterocycles. The number of fused-ring (bicyclic) bond motifs is 1. The average molecular weight is 294 g/mol. The zero-order valence-electron chi connectivity index (χ0n) is 11.0. The maximum Gasteiger partial charge on any atom is 0.126 e. The van der Waals surface area contributed by atoms with Gasteiger partial charge in [-0.2, -0.15) is 0 Å². The summed E-state index contributed by atoms with van der Waals surface area (Å²) in [6.45, 7) is 0. The van der Waals surface area contributed by atoms with Gasteiger partial charge in [0.25, 0.3) is 0 Å². The van der Waals surface area contributed by atoms with Crippen molar-refractivity contribution in [1.82, 2.24) is 0 Å². The smallest absolute Gasteiger partial charge is 0.126 e. The second-order valence-corrected chi connectivity index (χ2v) is 6.43. The first-order valence-electron chi connectivity index (χ1n) is 6.89. The highest BCUT2D eigenvalue weighted by Gasteiger charge is 2.19. The summed E-state index contributed by atoms with van der Waals surface area (Å²) in [6.07, 6.45) is 4.73. The van der Waals surface area contributed by atoms with Crippen LogP contribution in [0.2, 0.25) is 0 Å². The van der Waals surface area contributed by atoms with Gasteiger partial charge in [0.05, 0.1) is 0 Å². The van der Waals surface area contributed by atoms with Gasteiger partial charge in [0.1, 0.15) is 17.7 Å². The van der Waals surface area contributed by atoms with Crippen LogP contribution in [0.4, 0.5) is 8.78 Å². The highest BCUT2D eigenvalue weighted by molar-refractivity contribution is 7.12. The topological polar surface area (TPSA) is 20.2 Å². The minimum Gasteiger partial charge on any atom is -0.383 e. The lowest BCUT2D eigenvalue weighted by Gasteiger charge is -2.09. The van der Waals surface area contributed by atoms with Crippen molar-refractivity contribution in [3.63, 3.8) is 0 Å². The molecule has 1 aliphatic carbocycles. The number of aliphatic hydroxyl groups is 1. The molecule has 1 nitrogen and oxygen atoms in total. The molecule has 0 spiro atoms. The van der Waals surface area contributed by atoms with Gasteiger partial charge in [0.2, 0.25) is 0 Å². The highest BCUT2D eigenvalue weighted by atomic mass is 32.1. The van der Waals surface area contributed by atoms with Crippen molar-refractivity contribution in [2.75, 3.05) is 0 Å². The van der Waals surface area contributed by atoms with Crippen LogP contribution in [0.5, 0.6) is 0 Å². The van der Waals surface area contributed by atoms with E-state index in [0.29, 0.717) is 0 Å². The molecule has 1 aromatic carbocycles. The van der Waals surface area contributed by atoms with Crippen molar-refractivity contribution in [2.24, 2.45) is 0 Å². The van der Waals surface area contributed by atoms with Crippen LogP contribution in [-0.4, -0.2) is 5.11 Å². The van der Waals surface area contributed by atoms with E-state index in [9.17, 15) is 13.9 Å². The minimum atomic E-state index is -0.947. The summed E-state index contributed by atoms with van der Waals surface area (Å²) in [5.74, 6) is -1.31. The largest absolute Gasteiger partial charge is 0.383 e. The van der Waals surface area contributed by atoms with Crippen LogP contribution < -0.4 is 0 Å². The summed E-state index contributed by atoms with van der Waals surface area (Å²) in [6, 6.07) is 5.20. The van der Waals surface area contributed by atoms with Crippen LogP contribution in [0.25, 0.3) is 0 Å². The molecular weight excluding hydrogens is 278 g/mol. The minimum absolute atomic E-state index is 0.277. The van der Waals surface area contributed by atoms with Crippen LogP contribution in [0.15, 0.2) is 24.3 Å². The summed E-state index contributed by atoms with van der Waals surface area (Å²) in [5, 5.41) is 10.3. The Morgan fingerprint density at radius 2 is 1.65 bits per heavy atom. The Balaban J connectivity index is 1.92. The molecule has 1 N–H and O–H groups in total. The molecule has 0 saturated carbocycles. The number of hydrogen-bond acceptors (Lipinski definition) is 2. The van der Waals surface area contributed by atoms with Crippen LogP contribution in [-0.2, 0) is 12.8 Å². The van der Waals surface area contributed by atoms with E-state index < -0.39 is 17.7 Å². The van der Waals surface area contributed by atoms with E-state index in [4.69, 9.17) is 0 Å². The molecule has 0 aliphatic heterocycles. The maximum atomic E-state index is 13.2. The summed E-state index contributed by atoms with van der Waals surface area (Å²) >= 11 is 1.57. The van der Waals surface area contributed by atoms with E-state index in [1.165, 1.54) is 41.8 Å². The van der Waals surface area contributed by atoms with Crippen LogP contribution >= 0.6 is 11.3 Å². The average Bonchev–Trinajstić information content (AvgIpc) is 2.68. The molecule has 1 aliphatic rings. The van der Waals surface area contributed by atoms with Crippen molar-refractivity contribution in [3.8, 4) is 0 Å². The molecule has 20 heavy (non-hydrogen) atoms. The standard InChI is InChI=1S/C16H16F2OS/c17-12-6-11(7-13(18)9-12)16(19)15-8-10-4-2-1-3-5-14(10)20-15/h6-9,16,19H,1-5H2.